The Balaban J connectivity index is 2.10. The van der Waals surface area contributed by atoms with E-state index in [0.29, 0.717) is 11.2 Å². The number of nitrogens with one attached hydrogen (secondary N) is 2. The third-order valence-electron chi connectivity index (χ3n) is 2.64. The van der Waals surface area contributed by atoms with Crippen LogP contribution in [0.15, 0.2) is 45.2 Å². The van der Waals surface area contributed by atoms with Gasteiger partial charge < -0.3 is 10.7 Å². The lowest BCUT2D eigenvalue weighted by atomic mass is 10.2. The van der Waals surface area contributed by atoms with Gasteiger partial charge in [0.05, 0.1) is 6.33 Å². The Labute approximate surface area is 126 Å². The minimum Gasteiger partial charge on any atom is -0.384 e. The number of aromatic amines is 1. The van der Waals surface area contributed by atoms with Gasteiger partial charge in [-0.15, -0.1) is 0 Å². The molecule has 2 heterocycles. The normalized spacial score (nSPS) is 10.8. The van der Waals surface area contributed by atoms with Crippen molar-refractivity contribution in [3.05, 3.63) is 40.9 Å². The van der Waals surface area contributed by atoms with E-state index >= 15 is 0 Å². The first-order valence-electron chi connectivity index (χ1n) is 5.61. The molecule has 20 heavy (non-hydrogen) atoms. The quantitative estimate of drug-likeness (QED) is 0.383. The van der Waals surface area contributed by atoms with Crippen molar-refractivity contribution < 1.29 is 0 Å². The van der Waals surface area contributed by atoms with Crippen LogP contribution < -0.4 is 5.73 Å². The van der Waals surface area contributed by atoms with Crippen LogP contribution in [0.1, 0.15) is 5.56 Å². The van der Waals surface area contributed by atoms with E-state index in [4.69, 9.17) is 11.1 Å². The van der Waals surface area contributed by atoms with Gasteiger partial charge >= 0.3 is 0 Å². The molecule has 3 aromatic rings. The molecule has 0 bridgehead atoms. The molecule has 0 amide bonds. The van der Waals surface area contributed by atoms with Gasteiger partial charge in [0, 0.05) is 14.9 Å². The molecule has 0 unspecified atom stereocenters. The summed E-state index contributed by atoms with van der Waals surface area (Å²) < 4.78 is 0.782. The predicted molar refractivity (Wildman–Crippen MR) is 81.0 cm³/mol. The number of fused-ring (bicyclic) bond motifs is 1. The average Bonchev–Trinajstić information content (AvgIpc) is 2.87. The van der Waals surface area contributed by atoms with E-state index in [1.807, 2.05) is 18.2 Å². The van der Waals surface area contributed by atoms with Crippen molar-refractivity contribution in [1.82, 2.24) is 19.9 Å². The smallest absolute Gasteiger partial charge is 0.181 e. The summed E-state index contributed by atoms with van der Waals surface area (Å²) in [6.07, 6.45) is 3.05. The predicted octanol–water partition coefficient (Wildman–Crippen LogP) is 2.55. The van der Waals surface area contributed by atoms with E-state index in [-0.39, 0.29) is 5.84 Å². The lowest BCUT2D eigenvalue weighted by Gasteiger charge is -2.09. The van der Waals surface area contributed by atoms with Crippen molar-refractivity contribution in [1.29, 1.82) is 5.41 Å². The van der Waals surface area contributed by atoms with Gasteiger partial charge in [0.1, 0.15) is 22.7 Å². The van der Waals surface area contributed by atoms with E-state index in [1.165, 1.54) is 18.1 Å². The standard InChI is InChI=1S/C12H9BrN6S/c13-6-2-1-3-7(8(6)10(14)15)20-12-9-11(17-4-16-9)18-5-19-12/h1-5H,(H3,14,15)(H,16,17,18,19). The molecular formula is C12H9BrN6S. The first-order chi connectivity index (χ1) is 9.66. The molecule has 0 aliphatic rings. The highest BCUT2D eigenvalue weighted by Crippen LogP contribution is 2.34. The Morgan fingerprint density at radius 3 is 2.95 bits per heavy atom. The molecule has 1 aromatic carbocycles. The number of nitrogens with zero attached hydrogens (tertiary/aromatic N) is 3. The third kappa shape index (κ3) is 2.27. The second-order valence-corrected chi connectivity index (χ2v) is 5.79. The summed E-state index contributed by atoms with van der Waals surface area (Å²) in [4.78, 5) is 16.3. The molecule has 0 spiro atoms. The Morgan fingerprint density at radius 2 is 2.15 bits per heavy atom. The molecule has 100 valence electrons. The number of amidine groups is 1. The Bertz CT molecular complexity index is 799. The Kier molecular flexibility index (Phi) is 3.41. The largest absolute Gasteiger partial charge is 0.384 e. The lowest BCUT2D eigenvalue weighted by molar-refractivity contribution is 1.08. The van der Waals surface area contributed by atoms with Crippen LogP contribution in [0.3, 0.4) is 0 Å². The maximum Gasteiger partial charge on any atom is 0.181 e. The summed E-state index contributed by atoms with van der Waals surface area (Å²) in [6, 6.07) is 5.65. The van der Waals surface area contributed by atoms with Gasteiger partial charge in [-0.25, -0.2) is 15.0 Å². The molecular weight excluding hydrogens is 340 g/mol. The molecule has 6 nitrogen and oxygen atoms in total. The highest BCUT2D eigenvalue weighted by molar-refractivity contribution is 9.10. The number of H-pyrrole nitrogens is 1. The first kappa shape index (κ1) is 13.1. The number of benzene rings is 1. The average molecular weight is 349 g/mol. The van der Waals surface area contributed by atoms with Crippen LogP contribution in [-0.4, -0.2) is 25.8 Å². The van der Waals surface area contributed by atoms with Crippen LogP contribution in [0.2, 0.25) is 0 Å². The monoisotopic (exact) mass is 348 g/mol. The number of aromatic nitrogens is 4. The van der Waals surface area contributed by atoms with Crippen molar-refractivity contribution >= 4 is 44.7 Å². The molecule has 0 atom stereocenters. The van der Waals surface area contributed by atoms with Crippen molar-refractivity contribution in [2.45, 2.75) is 9.92 Å². The van der Waals surface area contributed by atoms with Gasteiger partial charge in [0.2, 0.25) is 0 Å². The van der Waals surface area contributed by atoms with Gasteiger partial charge in [-0.3, -0.25) is 5.41 Å². The molecule has 2 aromatic heterocycles. The Morgan fingerprint density at radius 1 is 1.30 bits per heavy atom. The van der Waals surface area contributed by atoms with Gasteiger partial charge in [-0.2, -0.15) is 0 Å². The Hall–Kier alpha value is -1.93. The second kappa shape index (κ2) is 5.22. The fraction of sp³-hybridized carbons (Fsp3) is 0. The zero-order valence-corrected chi connectivity index (χ0v) is 12.5. The van der Waals surface area contributed by atoms with Crippen LogP contribution in [0.4, 0.5) is 0 Å². The molecule has 0 saturated heterocycles. The maximum atomic E-state index is 7.70. The van der Waals surface area contributed by atoms with E-state index in [0.717, 1.165) is 19.9 Å². The zero-order chi connectivity index (χ0) is 14.1. The summed E-state index contributed by atoms with van der Waals surface area (Å²) in [5.74, 6) is 0.00915. The molecule has 8 heteroatoms. The molecule has 0 fully saturated rings. The fourth-order valence-electron chi connectivity index (χ4n) is 1.78. The minimum absolute atomic E-state index is 0.00915. The highest BCUT2D eigenvalue weighted by atomic mass is 79.9. The molecule has 0 saturated carbocycles. The number of imidazole rings is 1. The maximum absolute atomic E-state index is 7.70. The number of halogens is 1. The zero-order valence-electron chi connectivity index (χ0n) is 10.1. The fourth-order valence-corrected chi connectivity index (χ4v) is 3.52. The van der Waals surface area contributed by atoms with E-state index in [1.54, 1.807) is 6.33 Å². The van der Waals surface area contributed by atoms with Crippen LogP contribution in [0, 0.1) is 5.41 Å². The third-order valence-corrected chi connectivity index (χ3v) is 4.36. The SMILES string of the molecule is N=C(N)c1c(Br)cccc1Sc1ncnc2nc[nH]c12. The van der Waals surface area contributed by atoms with Gasteiger partial charge in [0.15, 0.2) is 5.65 Å². The van der Waals surface area contributed by atoms with Crippen molar-refractivity contribution in [2.75, 3.05) is 0 Å². The van der Waals surface area contributed by atoms with Gasteiger partial charge in [-0.1, -0.05) is 17.8 Å². The number of hydrogen-bond acceptors (Lipinski definition) is 5. The molecule has 0 aliphatic carbocycles. The number of nitrogen functional groups attached to an aromatic ring is 1. The van der Waals surface area contributed by atoms with Crippen molar-refractivity contribution in [3.63, 3.8) is 0 Å². The van der Waals surface area contributed by atoms with E-state index in [9.17, 15) is 0 Å². The summed E-state index contributed by atoms with van der Waals surface area (Å²) in [5.41, 5.74) is 7.69. The summed E-state index contributed by atoms with van der Waals surface area (Å²) >= 11 is 4.83. The molecule has 4 N–H and O–H groups in total. The van der Waals surface area contributed by atoms with Crippen molar-refractivity contribution in [2.24, 2.45) is 5.73 Å². The van der Waals surface area contributed by atoms with Crippen LogP contribution in [0.25, 0.3) is 11.2 Å². The summed E-state index contributed by atoms with van der Waals surface area (Å²) in [7, 11) is 0. The number of rotatable bonds is 3. The van der Waals surface area contributed by atoms with Crippen LogP contribution >= 0.6 is 27.7 Å². The van der Waals surface area contributed by atoms with E-state index in [2.05, 4.69) is 35.9 Å². The minimum atomic E-state index is 0.00915. The number of hydrogen-bond donors (Lipinski definition) is 3. The number of nitrogens with two attached hydrogens (primary N) is 1. The summed E-state index contributed by atoms with van der Waals surface area (Å²) in [5, 5.41) is 8.44. The van der Waals surface area contributed by atoms with Crippen molar-refractivity contribution in [3.8, 4) is 0 Å². The second-order valence-electron chi connectivity index (χ2n) is 3.91. The highest BCUT2D eigenvalue weighted by Gasteiger charge is 2.14. The van der Waals surface area contributed by atoms with Gasteiger partial charge in [0.25, 0.3) is 0 Å². The summed E-state index contributed by atoms with van der Waals surface area (Å²) in [6.45, 7) is 0. The van der Waals surface area contributed by atoms with E-state index < -0.39 is 0 Å². The molecule has 0 aliphatic heterocycles. The first-order valence-corrected chi connectivity index (χ1v) is 7.22. The van der Waals surface area contributed by atoms with Crippen LogP contribution in [-0.2, 0) is 0 Å². The van der Waals surface area contributed by atoms with Crippen LogP contribution in [0.5, 0.6) is 0 Å². The van der Waals surface area contributed by atoms with Gasteiger partial charge in [-0.05, 0) is 28.1 Å². The topological polar surface area (TPSA) is 104 Å². The molecule has 3 rings (SSSR count). The lowest BCUT2D eigenvalue weighted by Crippen LogP contribution is -2.13. The molecule has 0 radical (unpaired) electrons.